The van der Waals surface area contributed by atoms with Crippen LogP contribution in [0.5, 0.6) is 0 Å². The SMILES string of the molecule is CN(CC1CCCN(CC(=O)N(C)c2ccccc2C(=O)NCc2ccco2)C1)C(=O)OC(C)(C)C. The lowest BCUT2D eigenvalue weighted by molar-refractivity contribution is -0.119. The van der Waals surface area contributed by atoms with Crippen molar-refractivity contribution in [2.75, 3.05) is 45.2 Å². The third kappa shape index (κ3) is 7.84. The number of likely N-dealkylation sites (tertiary alicyclic amines) is 1. The topological polar surface area (TPSA) is 95.3 Å². The summed E-state index contributed by atoms with van der Waals surface area (Å²) in [4.78, 5) is 43.6. The molecule has 1 aromatic carbocycles. The predicted molar refractivity (Wildman–Crippen MR) is 138 cm³/mol. The first-order valence-electron chi connectivity index (χ1n) is 12.4. The molecule has 1 unspecified atom stereocenters. The maximum atomic E-state index is 13.2. The minimum absolute atomic E-state index is 0.0950. The number of rotatable bonds is 8. The number of carbonyl (C=O) groups is 3. The molecule has 0 aliphatic carbocycles. The summed E-state index contributed by atoms with van der Waals surface area (Å²) in [6.45, 7) is 8.18. The predicted octanol–water partition coefficient (Wildman–Crippen LogP) is 3.75. The van der Waals surface area contributed by atoms with E-state index in [0.717, 1.165) is 25.9 Å². The molecule has 9 heteroatoms. The molecule has 196 valence electrons. The zero-order chi connectivity index (χ0) is 26.3. The zero-order valence-electron chi connectivity index (χ0n) is 22.0. The van der Waals surface area contributed by atoms with E-state index in [2.05, 4.69) is 10.2 Å². The van der Waals surface area contributed by atoms with Crippen molar-refractivity contribution in [3.63, 3.8) is 0 Å². The van der Waals surface area contributed by atoms with E-state index in [0.29, 0.717) is 23.6 Å². The summed E-state index contributed by atoms with van der Waals surface area (Å²) in [5.74, 6) is 0.545. The molecule has 0 saturated carbocycles. The number of furan rings is 1. The van der Waals surface area contributed by atoms with Gasteiger partial charge in [0.1, 0.15) is 11.4 Å². The van der Waals surface area contributed by atoms with Crippen LogP contribution < -0.4 is 10.2 Å². The number of carbonyl (C=O) groups excluding carboxylic acids is 3. The molecule has 3 rings (SSSR count). The van der Waals surface area contributed by atoms with E-state index in [1.165, 1.54) is 4.90 Å². The first kappa shape index (κ1) is 27.3. The van der Waals surface area contributed by atoms with E-state index < -0.39 is 5.60 Å². The van der Waals surface area contributed by atoms with Gasteiger partial charge in [-0.2, -0.15) is 0 Å². The Morgan fingerprint density at radius 1 is 1.14 bits per heavy atom. The maximum absolute atomic E-state index is 13.2. The Hall–Kier alpha value is -3.33. The summed E-state index contributed by atoms with van der Waals surface area (Å²) in [6, 6.07) is 10.6. The standard InChI is InChI=1S/C27H38N4O5/c1-27(2,3)36-26(34)29(4)17-20-10-8-14-31(18-20)19-24(32)30(5)23-13-7-6-12-22(23)25(33)28-16-21-11-9-15-35-21/h6-7,9,11-13,15,20H,8,10,14,16-19H2,1-5H3,(H,28,33). The highest BCUT2D eigenvalue weighted by Crippen LogP contribution is 2.22. The van der Waals surface area contributed by atoms with Crippen molar-refractivity contribution in [3.05, 3.63) is 54.0 Å². The normalized spacial score (nSPS) is 16.3. The smallest absolute Gasteiger partial charge is 0.410 e. The molecule has 9 nitrogen and oxygen atoms in total. The second-order valence-corrected chi connectivity index (χ2v) is 10.3. The van der Waals surface area contributed by atoms with Crippen LogP contribution in [0.1, 0.15) is 49.7 Å². The Labute approximate surface area is 213 Å². The molecule has 1 fully saturated rings. The third-order valence-corrected chi connectivity index (χ3v) is 6.09. The van der Waals surface area contributed by atoms with Crippen molar-refractivity contribution >= 4 is 23.6 Å². The van der Waals surface area contributed by atoms with Crippen LogP contribution in [0.15, 0.2) is 47.1 Å². The van der Waals surface area contributed by atoms with E-state index in [1.807, 2.05) is 26.8 Å². The Bertz CT molecular complexity index is 1030. The first-order chi connectivity index (χ1) is 17.0. The Balaban J connectivity index is 1.56. The number of nitrogens with one attached hydrogen (secondary N) is 1. The summed E-state index contributed by atoms with van der Waals surface area (Å²) in [5, 5.41) is 2.84. The molecule has 1 atom stereocenters. The molecule has 1 saturated heterocycles. The summed E-state index contributed by atoms with van der Waals surface area (Å²) < 4.78 is 10.7. The van der Waals surface area contributed by atoms with Gasteiger partial charge in [0.15, 0.2) is 0 Å². The maximum Gasteiger partial charge on any atom is 0.410 e. The zero-order valence-corrected chi connectivity index (χ0v) is 22.0. The van der Waals surface area contributed by atoms with Crippen LogP contribution in [0.4, 0.5) is 10.5 Å². The number of amides is 3. The minimum atomic E-state index is -0.535. The van der Waals surface area contributed by atoms with Gasteiger partial charge < -0.3 is 24.3 Å². The van der Waals surface area contributed by atoms with Gasteiger partial charge in [-0.25, -0.2) is 4.79 Å². The fourth-order valence-corrected chi connectivity index (χ4v) is 4.31. The third-order valence-electron chi connectivity index (χ3n) is 6.09. The van der Waals surface area contributed by atoms with Crippen molar-refractivity contribution in [2.24, 2.45) is 5.92 Å². The first-order valence-corrected chi connectivity index (χ1v) is 12.4. The van der Waals surface area contributed by atoms with Gasteiger partial charge in [0, 0.05) is 27.2 Å². The molecule has 1 aliphatic rings. The number of likely N-dealkylation sites (N-methyl/N-ethyl adjacent to an activating group) is 1. The van der Waals surface area contributed by atoms with Crippen LogP contribution in [-0.4, -0.2) is 73.6 Å². The van der Waals surface area contributed by atoms with Crippen LogP contribution in [0, 0.1) is 5.92 Å². The molecule has 0 spiro atoms. The van der Waals surface area contributed by atoms with E-state index in [4.69, 9.17) is 9.15 Å². The Morgan fingerprint density at radius 3 is 2.58 bits per heavy atom. The lowest BCUT2D eigenvalue weighted by atomic mass is 9.97. The lowest BCUT2D eigenvalue weighted by Crippen LogP contribution is -2.46. The van der Waals surface area contributed by atoms with E-state index in [9.17, 15) is 14.4 Å². The Morgan fingerprint density at radius 2 is 1.89 bits per heavy atom. The van der Waals surface area contributed by atoms with Gasteiger partial charge in [-0.15, -0.1) is 0 Å². The van der Waals surface area contributed by atoms with Crippen LogP contribution >= 0.6 is 0 Å². The van der Waals surface area contributed by atoms with E-state index in [-0.39, 0.29) is 36.9 Å². The van der Waals surface area contributed by atoms with Crippen molar-refractivity contribution in [1.82, 2.24) is 15.1 Å². The number of ether oxygens (including phenoxy) is 1. The number of piperidine rings is 1. The van der Waals surface area contributed by atoms with Gasteiger partial charge in [0.25, 0.3) is 5.91 Å². The second-order valence-electron chi connectivity index (χ2n) is 10.3. The summed E-state index contributed by atoms with van der Waals surface area (Å²) >= 11 is 0. The highest BCUT2D eigenvalue weighted by atomic mass is 16.6. The highest BCUT2D eigenvalue weighted by Gasteiger charge is 2.27. The number of benzene rings is 1. The van der Waals surface area contributed by atoms with Gasteiger partial charge >= 0.3 is 6.09 Å². The summed E-state index contributed by atoms with van der Waals surface area (Å²) in [5.41, 5.74) is 0.445. The number of hydrogen-bond acceptors (Lipinski definition) is 6. The van der Waals surface area contributed by atoms with E-state index >= 15 is 0 Å². The molecule has 2 aromatic rings. The number of nitrogens with zero attached hydrogens (tertiary/aromatic N) is 3. The van der Waals surface area contributed by atoms with Crippen LogP contribution in [0.3, 0.4) is 0 Å². The minimum Gasteiger partial charge on any atom is -0.467 e. The van der Waals surface area contributed by atoms with Crippen molar-refractivity contribution in [3.8, 4) is 0 Å². The monoisotopic (exact) mass is 498 g/mol. The highest BCUT2D eigenvalue weighted by molar-refractivity contribution is 6.05. The van der Waals surface area contributed by atoms with Gasteiger partial charge in [0.2, 0.25) is 5.91 Å². The van der Waals surface area contributed by atoms with Crippen molar-refractivity contribution < 1.29 is 23.5 Å². The summed E-state index contributed by atoms with van der Waals surface area (Å²) in [7, 11) is 3.44. The Kier molecular flexibility index (Phi) is 9.14. The second kappa shape index (κ2) is 12.1. The molecular formula is C27H38N4O5. The number of hydrogen-bond donors (Lipinski definition) is 1. The molecule has 3 amide bonds. The fraction of sp³-hybridized carbons (Fsp3) is 0.519. The lowest BCUT2D eigenvalue weighted by Gasteiger charge is -2.35. The number of para-hydroxylation sites is 1. The quantitative estimate of drug-likeness (QED) is 0.596. The molecule has 2 heterocycles. The van der Waals surface area contributed by atoms with Gasteiger partial charge in [-0.1, -0.05) is 12.1 Å². The van der Waals surface area contributed by atoms with Crippen LogP contribution in [-0.2, 0) is 16.1 Å². The molecule has 1 aromatic heterocycles. The fourth-order valence-electron chi connectivity index (χ4n) is 4.31. The molecule has 36 heavy (non-hydrogen) atoms. The van der Waals surface area contributed by atoms with Crippen molar-refractivity contribution in [1.29, 1.82) is 0 Å². The van der Waals surface area contributed by atoms with Crippen LogP contribution in [0.2, 0.25) is 0 Å². The largest absolute Gasteiger partial charge is 0.467 e. The average molecular weight is 499 g/mol. The van der Waals surface area contributed by atoms with Gasteiger partial charge in [-0.3, -0.25) is 14.5 Å². The molecular weight excluding hydrogens is 460 g/mol. The summed E-state index contributed by atoms with van der Waals surface area (Å²) in [6.07, 6.45) is 3.17. The molecule has 1 aliphatic heterocycles. The van der Waals surface area contributed by atoms with Gasteiger partial charge in [0.05, 0.1) is 30.6 Å². The number of anilines is 1. The van der Waals surface area contributed by atoms with Gasteiger partial charge in [-0.05, 0) is 70.3 Å². The molecule has 1 N–H and O–H groups in total. The van der Waals surface area contributed by atoms with Crippen LogP contribution in [0.25, 0.3) is 0 Å². The van der Waals surface area contributed by atoms with E-state index in [1.54, 1.807) is 55.6 Å². The van der Waals surface area contributed by atoms with Crippen molar-refractivity contribution in [2.45, 2.75) is 45.8 Å². The molecule has 0 bridgehead atoms. The average Bonchev–Trinajstić information content (AvgIpc) is 3.35. The molecule has 0 radical (unpaired) electrons.